The van der Waals surface area contributed by atoms with Gasteiger partial charge in [-0.15, -0.1) is 0 Å². The van der Waals surface area contributed by atoms with Gasteiger partial charge in [0.05, 0.1) is 22.5 Å². The summed E-state index contributed by atoms with van der Waals surface area (Å²) in [4.78, 5) is 28.1. The molecule has 26 heavy (non-hydrogen) atoms. The van der Waals surface area contributed by atoms with Crippen LogP contribution in [0.2, 0.25) is 0 Å². The summed E-state index contributed by atoms with van der Waals surface area (Å²) in [6, 6.07) is 3.05. The fourth-order valence-electron chi connectivity index (χ4n) is 4.29. The number of amides is 2. The van der Waals surface area contributed by atoms with E-state index in [9.17, 15) is 18.0 Å². The molecule has 1 aromatic rings. The zero-order valence-electron chi connectivity index (χ0n) is 15.6. The van der Waals surface area contributed by atoms with Crippen LogP contribution in [0, 0.1) is 6.92 Å². The van der Waals surface area contributed by atoms with Crippen LogP contribution in [0.25, 0.3) is 0 Å². The van der Waals surface area contributed by atoms with Crippen LogP contribution in [-0.4, -0.2) is 62.2 Å². The number of hydrogen-bond donors (Lipinski definition) is 0. The summed E-state index contributed by atoms with van der Waals surface area (Å²) in [6.07, 6.45) is 0.679. The van der Waals surface area contributed by atoms with Gasteiger partial charge in [-0.25, -0.2) is 8.42 Å². The van der Waals surface area contributed by atoms with E-state index in [-0.39, 0.29) is 35.3 Å². The standard InChI is InChI=1S/C18H23N3O4S/c1-10-6-11(7-12-16(10)20(5)17(23)18(12,2)3)26(24,25)21-9-15(22)19(4)13-8-14(13)21/h6-7,13-14H,8-9H2,1-5H3/t13-,14+/m1/s1. The lowest BCUT2D eigenvalue weighted by molar-refractivity contribution is -0.132. The number of likely N-dealkylation sites (N-methyl/N-ethyl adjacent to an activating group) is 2. The highest BCUT2D eigenvalue weighted by Gasteiger charge is 2.55. The number of fused-ring (bicyclic) bond motifs is 2. The number of aryl methyl sites for hydroxylation is 1. The van der Waals surface area contributed by atoms with Gasteiger partial charge >= 0.3 is 0 Å². The van der Waals surface area contributed by atoms with Gasteiger partial charge in [0.15, 0.2) is 0 Å². The third kappa shape index (κ3) is 2.11. The molecular formula is C18H23N3O4S. The maximum Gasteiger partial charge on any atom is 0.243 e. The van der Waals surface area contributed by atoms with E-state index in [1.165, 1.54) is 4.31 Å². The third-order valence-electron chi connectivity index (χ3n) is 6.00. The quantitative estimate of drug-likeness (QED) is 0.766. The van der Waals surface area contributed by atoms with Crippen molar-refractivity contribution >= 4 is 27.5 Å². The molecule has 0 aromatic heterocycles. The number of sulfonamides is 1. The van der Waals surface area contributed by atoms with Gasteiger partial charge in [0.2, 0.25) is 21.8 Å². The van der Waals surface area contributed by atoms with Gasteiger partial charge in [-0.1, -0.05) is 0 Å². The molecule has 3 aliphatic rings. The molecule has 0 radical (unpaired) electrons. The number of piperazine rings is 1. The van der Waals surface area contributed by atoms with Gasteiger partial charge in [-0.05, 0) is 50.5 Å². The predicted octanol–water partition coefficient (Wildman–Crippen LogP) is 0.853. The second kappa shape index (κ2) is 5.07. The predicted molar refractivity (Wildman–Crippen MR) is 96.5 cm³/mol. The van der Waals surface area contributed by atoms with Gasteiger partial charge in [0.25, 0.3) is 0 Å². The zero-order valence-corrected chi connectivity index (χ0v) is 16.4. The minimum atomic E-state index is -3.80. The van der Waals surface area contributed by atoms with Crippen LogP contribution in [0.15, 0.2) is 17.0 Å². The van der Waals surface area contributed by atoms with Crippen molar-refractivity contribution in [2.75, 3.05) is 25.5 Å². The van der Waals surface area contributed by atoms with Crippen LogP contribution in [0.4, 0.5) is 5.69 Å². The van der Waals surface area contributed by atoms with Crippen molar-refractivity contribution in [3.05, 3.63) is 23.3 Å². The van der Waals surface area contributed by atoms with Crippen molar-refractivity contribution in [3.8, 4) is 0 Å². The molecule has 1 saturated carbocycles. The molecule has 2 amide bonds. The smallest absolute Gasteiger partial charge is 0.243 e. The first kappa shape index (κ1) is 17.5. The maximum atomic E-state index is 13.3. The number of rotatable bonds is 2. The van der Waals surface area contributed by atoms with Crippen LogP contribution in [0.1, 0.15) is 31.4 Å². The molecule has 1 aromatic carbocycles. The largest absolute Gasteiger partial charge is 0.340 e. The number of hydrogen-bond acceptors (Lipinski definition) is 4. The Morgan fingerprint density at radius 3 is 2.42 bits per heavy atom. The van der Waals surface area contributed by atoms with Crippen LogP contribution in [-0.2, 0) is 25.0 Å². The van der Waals surface area contributed by atoms with E-state index in [0.717, 1.165) is 16.8 Å². The molecule has 0 bridgehead atoms. The Balaban J connectivity index is 1.81. The summed E-state index contributed by atoms with van der Waals surface area (Å²) in [7, 11) is -0.363. The minimum absolute atomic E-state index is 0.0225. The van der Waals surface area contributed by atoms with Crippen LogP contribution in [0.3, 0.4) is 0 Å². The number of anilines is 1. The van der Waals surface area contributed by atoms with Gasteiger partial charge in [-0.2, -0.15) is 4.31 Å². The second-order valence-electron chi connectivity index (χ2n) is 8.05. The zero-order chi connectivity index (χ0) is 19.2. The summed E-state index contributed by atoms with van der Waals surface area (Å²) in [5.74, 6) is -0.234. The van der Waals surface area contributed by atoms with Crippen LogP contribution < -0.4 is 4.90 Å². The lowest BCUT2D eigenvalue weighted by atomic mass is 9.85. The van der Waals surface area contributed by atoms with Crippen molar-refractivity contribution in [2.24, 2.45) is 0 Å². The molecule has 0 unspecified atom stereocenters. The Hall–Kier alpha value is -1.93. The molecule has 140 valence electrons. The molecule has 2 aliphatic heterocycles. The normalized spacial score (nSPS) is 27.6. The van der Waals surface area contributed by atoms with Crippen molar-refractivity contribution < 1.29 is 18.0 Å². The van der Waals surface area contributed by atoms with Crippen molar-refractivity contribution in [3.63, 3.8) is 0 Å². The van der Waals surface area contributed by atoms with E-state index in [2.05, 4.69) is 0 Å². The van der Waals surface area contributed by atoms with Gasteiger partial charge in [-0.3, -0.25) is 9.59 Å². The topological polar surface area (TPSA) is 78.0 Å². The van der Waals surface area contributed by atoms with Crippen LogP contribution in [0.5, 0.6) is 0 Å². The number of carbonyl (C=O) groups excluding carboxylic acids is 2. The number of carbonyl (C=O) groups is 2. The first-order chi connectivity index (χ1) is 12.0. The van der Waals surface area contributed by atoms with E-state index in [1.54, 1.807) is 36.0 Å². The molecule has 2 fully saturated rings. The van der Waals surface area contributed by atoms with E-state index in [0.29, 0.717) is 6.42 Å². The fourth-order valence-corrected chi connectivity index (χ4v) is 6.02. The first-order valence-electron chi connectivity index (χ1n) is 8.68. The Morgan fingerprint density at radius 1 is 1.12 bits per heavy atom. The van der Waals surface area contributed by atoms with Gasteiger partial charge in [0, 0.05) is 26.2 Å². The monoisotopic (exact) mass is 377 g/mol. The minimum Gasteiger partial charge on any atom is -0.340 e. The molecule has 8 heteroatoms. The second-order valence-corrected chi connectivity index (χ2v) is 9.94. The highest BCUT2D eigenvalue weighted by molar-refractivity contribution is 7.89. The Kier molecular flexibility index (Phi) is 3.41. The molecular weight excluding hydrogens is 354 g/mol. The van der Waals surface area contributed by atoms with E-state index >= 15 is 0 Å². The van der Waals surface area contributed by atoms with Crippen molar-refractivity contribution in [1.29, 1.82) is 0 Å². The number of benzene rings is 1. The maximum absolute atomic E-state index is 13.3. The van der Waals surface area contributed by atoms with Gasteiger partial charge in [0.1, 0.15) is 0 Å². The average Bonchev–Trinajstić information content (AvgIpc) is 3.33. The summed E-state index contributed by atoms with van der Waals surface area (Å²) >= 11 is 0. The lowest BCUT2D eigenvalue weighted by Gasteiger charge is -2.31. The summed E-state index contributed by atoms with van der Waals surface area (Å²) in [5, 5.41) is 0. The molecule has 4 rings (SSSR count). The molecule has 1 aliphatic carbocycles. The molecule has 7 nitrogen and oxygen atoms in total. The first-order valence-corrected chi connectivity index (χ1v) is 10.1. The average molecular weight is 377 g/mol. The Labute approximate surface area is 153 Å². The molecule has 2 heterocycles. The van der Waals surface area contributed by atoms with Crippen molar-refractivity contribution in [1.82, 2.24) is 9.21 Å². The molecule has 1 saturated heterocycles. The summed E-state index contributed by atoms with van der Waals surface area (Å²) in [6.45, 7) is 5.31. The van der Waals surface area contributed by atoms with Crippen LogP contribution >= 0.6 is 0 Å². The molecule has 2 atom stereocenters. The van der Waals surface area contributed by atoms with Gasteiger partial charge < -0.3 is 9.80 Å². The van der Waals surface area contributed by atoms with Crippen molar-refractivity contribution in [2.45, 2.75) is 49.6 Å². The SMILES string of the molecule is Cc1cc(S(=O)(=O)N2CC(=O)N(C)[C@@H]3C[C@@H]32)cc2c1N(C)C(=O)C2(C)C. The summed E-state index contributed by atoms with van der Waals surface area (Å²) < 4.78 is 27.8. The Morgan fingerprint density at radius 2 is 1.77 bits per heavy atom. The lowest BCUT2D eigenvalue weighted by Crippen LogP contribution is -2.50. The molecule has 0 spiro atoms. The fraction of sp³-hybridized carbons (Fsp3) is 0.556. The summed E-state index contributed by atoms with van der Waals surface area (Å²) in [5.41, 5.74) is 1.46. The number of nitrogens with zero attached hydrogens (tertiary/aromatic N) is 3. The Bertz CT molecular complexity index is 953. The highest BCUT2D eigenvalue weighted by atomic mass is 32.2. The van der Waals surface area contributed by atoms with E-state index < -0.39 is 15.4 Å². The third-order valence-corrected chi connectivity index (χ3v) is 7.85. The van der Waals surface area contributed by atoms with E-state index in [1.807, 2.05) is 20.8 Å². The van der Waals surface area contributed by atoms with E-state index in [4.69, 9.17) is 0 Å². The highest BCUT2D eigenvalue weighted by Crippen LogP contribution is 2.45. The molecule has 0 N–H and O–H groups in total.